The summed E-state index contributed by atoms with van der Waals surface area (Å²) < 4.78 is 5.72. The second-order valence-electron chi connectivity index (χ2n) is 4.21. The van der Waals surface area contributed by atoms with Gasteiger partial charge in [-0.1, -0.05) is 11.6 Å². The van der Waals surface area contributed by atoms with Gasteiger partial charge in [-0.3, -0.25) is 0 Å². The number of aliphatic hydroxyl groups is 1. The highest BCUT2D eigenvalue weighted by atomic mass is 35.5. The van der Waals surface area contributed by atoms with Crippen molar-refractivity contribution in [1.29, 1.82) is 0 Å². The first-order valence-corrected chi connectivity index (χ1v) is 6.51. The summed E-state index contributed by atoms with van der Waals surface area (Å²) in [6.45, 7) is 0.459. The van der Waals surface area contributed by atoms with Crippen molar-refractivity contribution < 1.29 is 9.52 Å². The molecule has 0 atom stereocenters. The fourth-order valence-electron chi connectivity index (χ4n) is 1.93. The Balaban J connectivity index is 2.03. The van der Waals surface area contributed by atoms with Crippen LogP contribution in [-0.4, -0.2) is 28.2 Å². The van der Waals surface area contributed by atoms with Crippen LogP contribution < -0.4 is 5.32 Å². The van der Waals surface area contributed by atoms with Crippen molar-refractivity contribution in [2.45, 2.75) is 0 Å². The average molecular weight is 290 g/mol. The molecule has 0 radical (unpaired) electrons. The molecule has 0 fully saturated rings. The maximum absolute atomic E-state index is 8.87. The lowest BCUT2D eigenvalue weighted by Gasteiger charge is -2.02. The Morgan fingerprint density at radius 2 is 2.00 bits per heavy atom. The first-order valence-electron chi connectivity index (χ1n) is 6.13. The van der Waals surface area contributed by atoms with Crippen LogP contribution in [0.25, 0.3) is 22.4 Å². The molecule has 2 heterocycles. The van der Waals surface area contributed by atoms with E-state index in [-0.39, 0.29) is 6.61 Å². The molecular formula is C14H12ClN3O2. The molecule has 2 aromatic heterocycles. The lowest BCUT2D eigenvalue weighted by molar-refractivity contribution is 0.311. The molecule has 0 aliphatic carbocycles. The largest absolute Gasteiger partial charge is 0.438 e. The van der Waals surface area contributed by atoms with E-state index in [4.69, 9.17) is 21.1 Å². The summed E-state index contributed by atoms with van der Waals surface area (Å²) in [5.41, 5.74) is 1.42. The molecule has 0 aliphatic heterocycles. The number of aliphatic hydroxyl groups excluding tert-OH is 1. The molecule has 3 rings (SSSR count). The third-order valence-electron chi connectivity index (χ3n) is 2.86. The van der Waals surface area contributed by atoms with Crippen molar-refractivity contribution >= 4 is 28.5 Å². The number of nitrogens with one attached hydrogen (secondary N) is 1. The SMILES string of the molecule is OCCNc1ncnc2oc(-c3ccc(Cl)cc3)cc12. The molecule has 0 saturated heterocycles. The fraction of sp³-hybridized carbons (Fsp3) is 0.143. The van der Waals surface area contributed by atoms with Gasteiger partial charge in [-0.05, 0) is 30.3 Å². The number of nitrogens with zero attached hydrogens (tertiary/aromatic N) is 2. The van der Waals surface area contributed by atoms with Gasteiger partial charge in [-0.15, -0.1) is 0 Å². The van der Waals surface area contributed by atoms with E-state index in [0.717, 1.165) is 10.9 Å². The van der Waals surface area contributed by atoms with E-state index in [9.17, 15) is 0 Å². The van der Waals surface area contributed by atoms with E-state index in [1.807, 2.05) is 18.2 Å². The Morgan fingerprint density at radius 1 is 1.20 bits per heavy atom. The molecule has 5 nitrogen and oxygen atoms in total. The Labute approximate surface area is 120 Å². The van der Waals surface area contributed by atoms with Crippen LogP contribution in [0.2, 0.25) is 5.02 Å². The molecule has 1 aromatic carbocycles. The lowest BCUT2D eigenvalue weighted by Crippen LogP contribution is -2.07. The second kappa shape index (κ2) is 5.48. The number of hydrogen-bond acceptors (Lipinski definition) is 5. The lowest BCUT2D eigenvalue weighted by atomic mass is 10.1. The zero-order valence-electron chi connectivity index (χ0n) is 10.5. The van der Waals surface area contributed by atoms with Crippen molar-refractivity contribution in [2.75, 3.05) is 18.5 Å². The zero-order chi connectivity index (χ0) is 13.9. The van der Waals surface area contributed by atoms with E-state index < -0.39 is 0 Å². The highest BCUT2D eigenvalue weighted by molar-refractivity contribution is 6.30. The molecule has 0 bridgehead atoms. The van der Waals surface area contributed by atoms with Crippen LogP contribution in [0.3, 0.4) is 0 Å². The van der Waals surface area contributed by atoms with Gasteiger partial charge in [0.05, 0.1) is 12.0 Å². The molecule has 6 heteroatoms. The fourth-order valence-corrected chi connectivity index (χ4v) is 2.05. The molecule has 0 saturated carbocycles. The number of furan rings is 1. The number of hydrogen-bond donors (Lipinski definition) is 2. The van der Waals surface area contributed by atoms with Gasteiger partial charge in [0.2, 0.25) is 5.71 Å². The minimum Gasteiger partial charge on any atom is -0.438 e. The molecular weight excluding hydrogens is 278 g/mol. The quantitative estimate of drug-likeness (QED) is 0.773. The van der Waals surface area contributed by atoms with Crippen molar-refractivity contribution in [1.82, 2.24) is 9.97 Å². The molecule has 0 spiro atoms. The Kier molecular flexibility index (Phi) is 3.54. The predicted octanol–water partition coefficient (Wildman–Crippen LogP) is 2.95. The summed E-state index contributed by atoms with van der Waals surface area (Å²) in [5.74, 6) is 1.34. The van der Waals surface area contributed by atoms with Crippen LogP contribution in [0, 0.1) is 0 Å². The normalized spacial score (nSPS) is 10.9. The summed E-state index contributed by atoms with van der Waals surface area (Å²) in [6, 6.07) is 9.25. The molecule has 3 aromatic rings. The van der Waals surface area contributed by atoms with Crippen LogP contribution in [0.4, 0.5) is 5.82 Å². The molecule has 0 amide bonds. The van der Waals surface area contributed by atoms with Gasteiger partial charge >= 0.3 is 0 Å². The van der Waals surface area contributed by atoms with Gasteiger partial charge < -0.3 is 14.8 Å². The second-order valence-corrected chi connectivity index (χ2v) is 4.65. The van der Waals surface area contributed by atoms with Crippen LogP contribution in [-0.2, 0) is 0 Å². The number of benzene rings is 1. The maximum Gasteiger partial charge on any atom is 0.231 e. The van der Waals surface area contributed by atoms with Crippen molar-refractivity contribution in [3.05, 3.63) is 41.7 Å². The smallest absolute Gasteiger partial charge is 0.231 e. The third kappa shape index (κ3) is 2.45. The van der Waals surface area contributed by atoms with Gasteiger partial charge in [-0.25, -0.2) is 9.97 Å². The van der Waals surface area contributed by atoms with Gasteiger partial charge in [0, 0.05) is 17.1 Å². The summed E-state index contributed by atoms with van der Waals surface area (Å²) in [7, 11) is 0. The standard InChI is InChI=1S/C14H12ClN3O2/c15-10-3-1-9(2-4-10)12-7-11-13(16-5-6-19)17-8-18-14(11)20-12/h1-4,7-8,19H,5-6H2,(H,16,17,18). The predicted molar refractivity (Wildman–Crippen MR) is 77.8 cm³/mol. The van der Waals surface area contributed by atoms with Gasteiger partial charge in [0.1, 0.15) is 17.9 Å². The van der Waals surface area contributed by atoms with Crippen molar-refractivity contribution in [2.24, 2.45) is 0 Å². The van der Waals surface area contributed by atoms with Gasteiger partial charge in [0.25, 0.3) is 0 Å². The van der Waals surface area contributed by atoms with Gasteiger partial charge in [-0.2, -0.15) is 0 Å². The Hall–Kier alpha value is -2.11. The summed E-state index contributed by atoms with van der Waals surface area (Å²) >= 11 is 5.87. The number of rotatable bonds is 4. The average Bonchev–Trinajstić information content (AvgIpc) is 2.90. The van der Waals surface area contributed by atoms with Crippen LogP contribution in [0.1, 0.15) is 0 Å². The van der Waals surface area contributed by atoms with E-state index in [2.05, 4.69) is 15.3 Å². The Bertz CT molecular complexity index is 725. The third-order valence-corrected chi connectivity index (χ3v) is 3.11. The summed E-state index contributed by atoms with van der Waals surface area (Å²) in [5, 5.41) is 13.4. The minimum atomic E-state index is 0.0351. The van der Waals surface area contributed by atoms with E-state index >= 15 is 0 Å². The van der Waals surface area contributed by atoms with Crippen LogP contribution in [0.5, 0.6) is 0 Å². The van der Waals surface area contributed by atoms with Crippen LogP contribution >= 0.6 is 11.6 Å². The summed E-state index contributed by atoms with van der Waals surface area (Å²) in [4.78, 5) is 8.26. The number of aromatic nitrogens is 2. The topological polar surface area (TPSA) is 71.2 Å². The van der Waals surface area contributed by atoms with Crippen LogP contribution in [0.15, 0.2) is 41.1 Å². The zero-order valence-corrected chi connectivity index (χ0v) is 11.3. The monoisotopic (exact) mass is 289 g/mol. The van der Waals surface area contributed by atoms with Crippen molar-refractivity contribution in [3.63, 3.8) is 0 Å². The number of anilines is 1. The van der Waals surface area contributed by atoms with E-state index in [1.54, 1.807) is 12.1 Å². The molecule has 0 unspecified atom stereocenters. The first-order chi connectivity index (χ1) is 9.78. The summed E-state index contributed by atoms with van der Waals surface area (Å²) in [6.07, 6.45) is 1.43. The number of fused-ring (bicyclic) bond motifs is 1. The highest BCUT2D eigenvalue weighted by Gasteiger charge is 2.11. The molecule has 102 valence electrons. The van der Waals surface area contributed by atoms with Gasteiger partial charge in [0.15, 0.2) is 0 Å². The first kappa shape index (κ1) is 12.9. The maximum atomic E-state index is 8.87. The molecule has 2 N–H and O–H groups in total. The van der Waals surface area contributed by atoms with E-state index in [0.29, 0.717) is 28.9 Å². The highest BCUT2D eigenvalue weighted by Crippen LogP contribution is 2.30. The van der Waals surface area contributed by atoms with Crippen molar-refractivity contribution in [3.8, 4) is 11.3 Å². The Morgan fingerprint density at radius 3 is 2.75 bits per heavy atom. The minimum absolute atomic E-state index is 0.0351. The molecule has 0 aliphatic rings. The molecule has 20 heavy (non-hydrogen) atoms. The number of halogens is 1. The van der Waals surface area contributed by atoms with E-state index in [1.165, 1.54) is 6.33 Å².